The van der Waals surface area contributed by atoms with Crippen molar-refractivity contribution in [3.05, 3.63) is 65.5 Å². The van der Waals surface area contributed by atoms with Crippen LogP contribution >= 0.6 is 0 Å². The quantitative estimate of drug-likeness (QED) is 0.872. The average molecular weight is 344 g/mol. The predicted molar refractivity (Wildman–Crippen MR) is 94.9 cm³/mol. The molecule has 1 saturated carbocycles. The van der Waals surface area contributed by atoms with Gasteiger partial charge in [0.05, 0.1) is 25.4 Å². The van der Waals surface area contributed by atoms with Crippen LogP contribution in [0.3, 0.4) is 0 Å². The van der Waals surface area contributed by atoms with Crippen LogP contribution < -0.4 is 4.74 Å². The van der Waals surface area contributed by atoms with Gasteiger partial charge in [0.25, 0.3) is 0 Å². The van der Waals surface area contributed by atoms with Crippen molar-refractivity contribution in [1.82, 2.24) is 0 Å². The van der Waals surface area contributed by atoms with Gasteiger partial charge in [0.2, 0.25) is 0 Å². The number of rotatable bonds is 5. The molecule has 3 nitrogen and oxygen atoms in total. The van der Waals surface area contributed by atoms with Crippen LogP contribution in [0.5, 0.6) is 5.75 Å². The fraction of sp³-hybridized carbons (Fsp3) is 0.429. The van der Waals surface area contributed by atoms with E-state index >= 15 is 0 Å². The summed E-state index contributed by atoms with van der Waals surface area (Å²) in [7, 11) is 1.63. The Balaban J connectivity index is 1.64. The zero-order chi connectivity index (χ0) is 17.9. The van der Waals surface area contributed by atoms with Crippen LogP contribution in [0.25, 0.3) is 0 Å². The summed E-state index contributed by atoms with van der Waals surface area (Å²) in [6, 6.07) is 14.0. The largest absolute Gasteiger partial charge is 0.496 e. The van der Waals surface area contributed by atoms with Gasteiger partial charge in [0.15, 0.2) is 0 Å². The molecule has 25 heavy (non-hydrogen) atoms. The maximum absolute atomic E-state index is 13.0. The summed E-state index contributed by atoms with van der Waals surface area (Å²) in [6.45, 7) is 2.52. The van der Waals surface area contributed by atoms with E-state index < -0.39 is 5.60 Å². The Labute approximate surface area is 148 Å². The Kier molecular flexibility index (Phi) is 5.40. The topological polar surface area (TPSA) is 38.7 Å². The molecule has 1 aliphatic rings. The average Bonchev–Trinajstić information content (AvgIpc) is 2.64. The molecule has 4 heteroatoms. The third-order valence-electron chi connectivity index (χ3n) is 5.25. The van der Waals surface area contributed by atoms with Gasteiger partial charge in [-0.3, -0.25) is 0 Å². The lowest BCUT2D eigenvalue weighted by molar-refractivity contribution is -0.101. The minimum absolute atomic E-state index is 0.0516. The molecule has 0 spiro atoms. The van der Waals surface area contributed by atoms with Crippen LogP contribution in [-0.2, 0) is 16.9 Å². The summed E-state index contributed by atoms with van der Waals surface area (Å²) >= 11 is 0. The van der Waals surface area contributed by atoms with E-state index in [1.807, 2.05) is 24.3 Å². The van der Waals surface area contributed by atoms with Crippen LogP contribution in [0, 0.1) is 11.7 Å². The number of methoxy groups -OCH3 is 1. The number of halogens is 1. The van der Waals surface area contributed by atoms with E-state index in [2.05, 4.69) is 6.92 Å². The summed E-state index contributed by atoms with van der Waals surface area (Å²) in [6.07, 6.45) is 2.27. The van der Waals surface area contributed by atoms with Gasteiger partial charge in [-0.05, 0) is 48.9 Å². The maximum Gasteiger partial charge on any atom is 0.124 e. The van der Waals surface area contributed by atoms with E-state index in [1.54, 1.807) is 19.2 Å². The van der Waals surface area contributed by atoms with Gasteiger partial charge in [-0.1, -0.05) is 37.3 Å². The second-order valence-electron chi connectivity index (χ2n) is 6.86. The fourth-order valence-corrected chi connectivity index (χ4v) is 3.68. The van der Waals surface area contributed by atoms with Gasteiger partial charge in [0, 0.05) is 5.56 Å². The van der Waals surface area contributed by atoms with Crippen LogP contribution in [0.4, 0.5) is 4.39 Å². The van der Waals surface area contributed by atoms with Gasteiger partial charge >= 0.3 is 0 Å². The smallest absolute Gasteiger partial charge is 0.124 e. The first kappa shape index (κ1) is 17.9. The first-order valence-electron chi connectivity index (χ1n) is 8.75. The summed E-state index contributed by atoms with van der Waals surface area (Å²) in [4.78, 5) is 0. The van der Waals surface area contributed by atoms with Gasteiger partial charge in [-0.2, -0.15) is 0 Å². The van der Waals surface area contributed by atoms with Gasteiger partial charge in [-0.25, -0.2) is 4.39 Å². The Morgan fingerprint density at radius 2 is 1.88 bits per heavy atom. The van der Waals surface area contributed by atoms with E-state index in [9.17, 15) is 9.50 Å². The lowest BCUT2D eigenvalue weighted by Crippen LogP contribution is -2.41. The first-order chi connectivity index (χ1) is 12.0. The molecule has 2 aromatic carbocycles. The van der Waals surface area contributed by atoms with Gasteiger partial charge in [0.1, 0.15) is 11.6 Å². The molecular weight excluding hydrogens is 319 g/mol. The summed E-state index contributed by atoms with van der Waals surface area (Å²) in [5.41, 5.74) is 0.907. The third kappa shape index (κ3) is 3.86. The van der Waals surface area contributed by atoms with Crippen molar-refractivity contribution < 1.29 is 19.0 Å². The molecule has 3 atom stereocenters. The van der Waals surface area contributed by atoms with Gasteiger partial charge < -0.3 is 14.6 Å². The van der Waals surface area contributed by atoms with E-state index in [1.165, 1.54) is 12.1 Å². The number of benzene rings is 2. The molecular formula is C21H25FO3. The highest BCUT2D eigenvalue weighted by molar-refractivity contribution is 5.38. The van der Waals surface area contributed by atoms with Crippen LogP contribution in [-0.4, -0.2) is 18.3 Å². The Morgan fingerprint density at radius 1 is 1.16 bits per heavy atom. The number of hydrogen-bond acceptors (Lipinski definition) is 3. The number of ether oxygens (including phenoxy) is 2. The predicted octanol–water partition coefficient (Wildman–Crippen LogP) is 4.43. The molecule has 0 heterocycles. The molecule has 1 N–H and O–H groups in total. The third-order valence-corrected chi connectivity index (χ3v) is 5.25. The molecule has 2 aromatic rings. The Morgan fingerprint density at radius 3 is 2.56 bits per heavy atom. The molecule has 0 aromatic heterocycles. The minimum atomic E-state index is -0.900. The highest BCUT2D eigenvalue weighted by Gasteiger charge is 2.42. The van der Waals surface area contributed by atoms with Crippen molar-refractivity contribution in [2.75, 3.05) is 7.11 Å². The van der Waals surface area contributed by atoms with Crippen molar-refractivity contribution in [3.63, 3.8) is 0 Å². The van der Waals surface area contributed by atoms with Crippen LogP contribution in [0.15, 0.2) is 48.5 Å². The summed E-state index contributed by atoms with van der Waals surface area (Å²) < 4.78 is 24.4. The maximum atomic E-state index is 13.0. The second-order valence-corrected chi connectivity index (χ2v) is 6.86. The van der Waals surface area contributed by atoms with Crippen LogP contribution in [0.2, 0.25) is 0 Å². The molecule has 1 aliphatic carbocycles. The van der Waals surface area contributed by atoms with Crippen molar-refractivity contribution in [2.45, 2.75) is 44.5 Å². The van der Waals surface area contributed by atoms with E-state index in [4.69, 9.17) is 9.47 Å². The van der Waals surface area contributed by atoms with E-state index in [0.29, 0.717) is 13.0 Å². The molecule has 0 aliphatic heterocycles. The molecule has 1 fully saturated rings. The number of aliphatic hydroxyl groups is 1. The standard InChI is InChI=1S/C21H25FO3/c1-15-13-18(25-14-16-7-9-17(22)10-8-16)11-12-21(15,23)19-5-3-4-6-20(19)24-2/h3-10,15,18,23H,11-14H2,1-2H3. The van der Waals surface area contributed by atoms with Crippen molar-refractivity contribution in [1.29, 1.82) is 0 Å². The minimum Gasteiger partial charge on any atom is -0.496 e. The van der Waals surface area contributed by atoms with Crippen molar-refractivity contribution >= 4 is 0 Å². The van der Waals surface area contributed by atoms with Crippen molar-refractivity contribution in [3.8, 4) is 5.75 Å². The first-order valence-corrected chi connectivity index (χ1v) is 8.75. The normalized spacial score (nSPS) is 26.4. The Hall–Kier alpha value is -1.91. The highest BCUT2D eigenvalue weighted by Crippen LogP contribution is 2.45. The molecule has 3 rings (SSSR count). The monoisotopic (exact) mass is 344 g/mol. The van der Waals surface area contributed by atoms with E-state index in [-0.39, 0.29) is 17.8 Å². The number of hydrogen-bond donors (Lipinski definition) is 1. The summed E-state index contributed by atoms with van der Waals surface area (Å²) in [5.74, 6) is 0.537. The fourth-order valence-electron chi connectivity index (χ4n) is 3.68. The number of para-hydroxylation sites is 1. The van der Waals surface area contributed by atoms with E-state index in [0.717, 1.165) is 29.7 Å². The van der Waals surface area contributed by atoms with Gasteiger partial charge in [-0.15, -0.1) is 0 Å². The zero-order valence-corrected chi connectivity index (χ0v) is 14.7. The highest BCUT2D eigenvalue weighted by atomic mass is 19.1. The SMILES string of the molecule is COc1ccccc1C1(O)CCC(OCc2ccc(F)cc2)CC1C. The molecule has 0 radical (unpaired) electrons. The molecule has 0 bridgehead atoms. The molecule has 3 unspecified atom stereocenters. The Bertz CT molecular complexity index is 701. The lowest BCUT2D eigenvalue weighted by Gasteiger charge is -2.42. The lowest BCUT2D eigenvalue weighted by atomic mass is 9.71. The zero-order valence-electron chi connectivity index (χ0n) is 14.7. The van der Waals surface area contributed by atoms with Crippen LogP contribution in [0.1, 0.15) is 37.3 Å². The molecule has 0 saturated heterocycles. The molecule has 0 amide bonds. The molecule has 134 valence electrons. The second kappa shape index (κ2) is 7.54. The van der Waals surface area contributed by atoms with Crippen molar-refractivity contribution in [2.24, 2.45) is 5.92 Å². The summed E-state index contributed by atoms with van der Waals surface area (Å²) in [5, 5.41) is 11.3.